The molecule has 2 fully saturated rings. The largest absolute Gasteiger partial charge is 0.476 e. The summed E-state index contributed by atoms with van der Waals surface area (Å²) in [6.45, 7) is 6.69. The lowest BCUT2D eigenvalue weighted by atomic mass is 9.95. The second-order valence-corrected chi connectivity index (χ2v) is 11.1. The second kappa shape index (κ2) is 10.2. The van der Waals surface area contributed by atoms with Crippen molar-refractivity contribution in [2.45, 2.75) is 69.8 Å². The van der Waals surface area contributed by atoms with E-state index in [1.807, 2.05) is 20.8 Å². The first kappa shape index (κ1) is 27.5. The van der Waals surface area contributed by atoms with Gasteiger partial charge in [-0.3, -0.25) is 4.90 Å². The molecule has 2 aliphatic rings. The molecule has 0 radical (unpaired) electrons. The molecule has 2 saturated heterocycles. The highest BCUT2D eigenvalue weighted by molar-refractivity contribution is 6.30. The number of pyridine rings is 1. The van der Waals surface area contributed by atoms with E-state index >= 15 is 0 Å². The molecule has 0 bridgehead atoms. The fourth-order valence-electron chi connectivity index (χ4n) is 5.16. The minimum Gasteiger partial charge on any atom is -0.476 e. The number of rotatable bonds is 7. The molecule has 210 valence electrons. The number of fused-ring (bicyclic) bond motifs is 2. The van der Waals surface area contributed by atoms with Crippen molar-refractivity contribution in [1.82, 2.24) is 29.8 Å². The molecule has 5 rings (SSSR count). The summed E-state index contributed by atoms with van der Waals surface area (Å²) in [4.78, 5) is 21.8. The van der Waals surface area contributed by atoms with Gasteiger partial charge in [0.15, 0.2) is 16.7 Å². The highest BCUT2D eigenvalue weighted by atomic mass is 35.5. The molecule has 14 heteroatoms. The fraction of sp³-hybridized carbons (Fsp3) is 0.560. The van der Waals surface area contributed by atoms with Crippen LogP contribution in [0.25, 0.3) is 10.9 Å². The Balaban J connectivity index is 1.32. The summed E-state index contributed by atoms with van der Waals surface area (Å²) in [6.07, 6.45) is 0.920. The van der Waals surface area contributed by atoms with Gasteiger partial charge in [0.25, 0.3) is 0 Å². The van der Waals surface area contributed by atoms with E-state index < -0.39 is 23.3 Å². The predicted octanol–water partition coefficient (Wildman–Crippen LogP) is 5.26. The van der Waals surface area contributed by atoms with E-state index in [1.54, 1.807) is 0 Å². The van der Waals surface area contributed by atoms with Crippen molar-refractivity contribution in [3.8, 4) is 17.8 Å². The van der Waals surface area contributed by atoms with E-state index in [0.717, 1.165) is 44.6 Å². The summed E-state index contributed by atoms with van der Waals surface area (Å²) in [6, 6.07) is 0.703. The Bertz CT molecular complexity index is 1370. The standard InChI is InChI=1S/C25H27ClF4N6O3/c1-23(2,3)39-21-15-10-31-20(26)18(27)19(15)34-22(35-21)38-12-24-6-4-8-36(24)14(5-7-24)11-37-17-9-16(25(28,29)30)32-13-33-17/h9-10,13-14H,4-8,11-12H2,1-3H3/t14-,24-/m0/s1. The molecule has 0 aromatic carbocycles. The Morgan fingerprint density at radius 2 is 1.90 bits per heavy atom. The number of hydrogen-bond acceptors (Lipinski definition) is 9. The maximum Gasteiger partial charge on any atom is 0.433 e. The van der Waals surface area contributed by atoms with E-state index in [0.29, 0.717) is 0 Å². The highest BCUT2D eigenvalue weighted by Crippen LogP contribution is 2.43. The number of hydrogen-bond donors (Lipinski definition) is 0. The van der Waals surface area contributed by atoms with Crippen LogP contribution < -0.4 is 14.2 Å². The number of aromatic nitrogens is 5. The van der Waals surface area contributed by atoms with Crippen LogP contribution in [0.15, 0.2) is 18.6 Å². The summed E-state index contributed by atoms with van der Waals surface area (Å²) in [5, 5.41) is -0.0459. The monoisotopic (exact) mass is 570 g/mol. The number of ether oxygens (including phenoxy) is 3. The first-order chi connectivity index (χ1) is 18.3. The Hall–Kier alpha value is -3.06. The molecular weight excluding hydrogens is 544 g/mol. The zero-order valence-electron chi connectivity index (χ0n) is 21.6. The molecule has 2 aliphatic heterocycles. The summed E-state index contributed by atoms with van der Waals surface area (Å²) in [7, 11) is 0. The van der Waals surface area contributed by atoms with Crippen LogP contribution in [0.5, 0.6) is 17.8 Å². The van der Waals surface area contributed by atoms with Gasteiger partial charge in [0.1, 0.15) is 30.7 Å². The molecule has 2 atom stereocenters. The topological polar surface area (TPSA) is 95.4 Å². The number of alkyl halides is 3. The van der Waals surface area contributed by atoms with Crippen molar-refractivity contribution in [2.75, 3.05) is 19.8 Å². The zero-order valence-corrected chi connectivity index (χ0v) is 22.3. The molecule has 0 aliphatic carbocycles. The van der Waals surface area contributed by atoms with Crippen molar-refractivity contribution >= 4 is 22.5 Å². The summed E-state index contributed by atoms with van der Waals surface area (Å²) < 4.78 is 71.4. The molecule has 0 unspecified atom stereocenters. The van der Waals surface area contributed by atoms with Crippen molar-refractivity contribution in [3.63, 3.8) is 0 Å². The molecule has 9 nitrogen and oxygen atoms in total. The lowest BCUT2D eigenvalue weighted by molar-refractivity contribution is -0.141. The Morgan fingerprint density at radius 1 is 1.10 bits per heavy atom. The predicted molar refractivity (Wildman–Crippen MR) is 132 cm³/mol. The van der Waals surface area contributed by atoms with Gasteiger partial charge in [0, 0.05) is 18.3 Å². The van der Waals surface area contributed by atoms with Gasteiger partial charge in [-0.15, -0.1) is 0 Å². The summed E-state index contributed by atoms with van der Waals surface area (Å²) in [5.74, 6) is -0.791. The van der Waals surface area contributed by atoms with Crippen LogP contribution in [-0.2, 0) is 6.18 Å². The van der Waals surface area contributed by atoms with E-state index in [9.17, 15) is 17.6 Å². The van der Waals surface area contributed by atoms with Crippen LogP contribution in [0.1, 0.15) is 52.1 Å². The lowest BCUT2D eigenvalue weighted by Crippen LogP contribution is -2.48. The first-order valence-electron chi connectivity index (χ1n) is 12.5. The molecule has 0 spiro atoms. The molecule has 0 amide bonds. The van der Waals surface area contributed by atoms with Gasteiger partial charge >= 0.3 is 12.2 Å². The van der Waals surface area contributed by atoms with Crippen LogP contribution in [0, 0.1) is 5.82 Å². The smallest absolute Gasteiger partial charge is 0.433 e. The quantitative estimate of drug-likeness (QED) is 0.278. The van der Waals surface area contributed by atoms with Gasteiger partial charge in [-0.25, -0.2) is 19.3 Å². The van der Waals surface area contributed by atoms with Crippen LogP contribution in [0.2, 0.25) is 5.15 Å². The van der Waals surface area contributed by atoms with E-state index in [2.05, 4.69) is 29.8 Å². The Labute approximate surface area is 226 Å². The normalized spacial score (nSPS) is 21.8. The van der Waals surface area contributed by atoms with E-state index in [4.69, 9.17) is 25.8 Å². The van der Waals surface area contributed by atoms with Crippen molar-refractivity contribution in [3.05, 3.63) is 35.3 Å². The molecule has 39 heavy (non-hydrogen) atoms. The molecular formula is C25H27ClF4N6O3. The fourth-order valence-corrected chi connectivity index (χ4v) is 5.30. The van der Waals surface area contributed by atoms with Crippen LogP contribution in [-0.4, -0.2) is 66.8 Å². The molecule has 3 aromatic heterocycles. The third kappa shape index (κ3) is 5.79. The van der Waals surface area contributed by atoms with Crippen LogP contribution in [0.3, 0.4) is 0 Å². The van der Waals surface area contributed by atoms with Crippen molar-refractivity contribution < 1.29 is 31.8 Å². The van der Waals surface area contributed by atoms with E-state index in [1.165, 1.54) is 6.20 Å². The molecule has 0 saturated carbocycles. The highest BCUT2D eigenvalue weighted by Gasteiger charge is 2.50. The van der Waals surface area contributed by atoms with Crippen LogP contribution in [0.4, 0.5) is 17.6 Å². The molecule has 0 N–H and O–H groups in total. The average molecular weight is 571 g/mol. The third-order valence-corrected chi connectivity index (χ3v) is 7.11. The Morgan fingerprint density at radius 3 is 2.64 bits per heavy atom. The SMILES string of the molecule is CC(C)(C)Oc1nc(OC[C@@]23CCCN2[C@H](COc2cc(C(F)(F)F)ncn2)CC3)nc2c(F)c(Cl)ncc12. The Kier molecular flexibility index (Phi) is 7.17. The van der Waals surface area contributed by atoms with Gasteiger partial charge < -0.3 is 14.2 Å². The van der Waals surface area contributed by atoms with Gasteiger partial charge in [-0.2, -0.15) is 23.1 Å². The third-order valence-electron chi connectivity index (χ3n) is 6.85. The van der Waals surface area contributed by atoms with Crippen molar-refractivity contribution in [1.29, 1.82) is 0 Å². The maximum absolute atomic E-state index is 14.8. The first-order valence-corrected chi connectivity index (χ1v) is 12.8. The second-order valence-electron chi connectivity index (χ2n) is 10.7. The minimum absolute atomic E-state index is 0.0416. The van der Waals surface area contributed by atoms with Gasteiger partial charge in [0.05, 0.1) is 10.9 Å². The zero-order chi connectivity index (χ0) is 28.0. The maximum atomic E-state index is 14.8. The van der Waals surface area contributed by atoms with Gasteiger partial charge in [-0.1, -0.05) is 11.6 Å². The molecule has 5 heterocycles. The van der Waals surface area contributed by atoms with E-state index in [-0.39, 0.29) is 58.6 Å². The van der Waals surface area contributed by atoms with Crippen molar-refractivity contribution in [2.24, 2.45) is 0 Å². The van der Waals surface area contributed by atoms with Gasteiger partial charge in [0.2, 0.25) is 11.8 Å². The number of nitrogens with zero attached hydrogens (tertiary/aromatic N) is 6. The summed E-state index contributed by atoms with van der Waals surface area (Å²) in [5.41, 5.74) is -2.07. The lowest BCUT2D eigenvalue weighted by Gasteiger charge is -2.34. The van der Waals surface area contributed by atoms with Gasteiger partial charge in [-0.05, 0) is 53.0 Å². The molecule has 3 aromatic rings. The average Bonchev–Trinajstić information content (AvgIpc) is 3.42. The minimum atomic E-state index is -4.58. The summed E-state index contributed by atoms with van der Waals surface area (Å²) >= 11 is 5.89. The number of halogens is 5. The van der Waals surface area contributed by atoms with Crippen LogP contribution >= 0.6 is 11.6 Å².